The highest BCUT2D eigenvalue weighted by molar-refractivity contribution is 5.49. The zero-order valence-electron chi connectivity index (χ0n) is 18.2. The Bertz CT molecular complexity index is 633. The summed E-state index contributed by atoms with van der Waals surface area (Å²) in [7, 11) is 1.81. The van der Waals surface area contributed by atoms with Crippen molar-refractivity contribution in [2.45, 2.75) is 51.2 Å². The predicted molar refractivity (Wildman–Crippen MR) is 113 cm³/mol. The first-order valence-corrected chi connectivity index (χ1v) is 10.8. The number of rotatable bonds is 10. The van der Waals surface area contributed by atoms with Crippen LogP contribution in [0.4, 0.5) is 24.9 Å². The van der Waals surface area contributed by atoms with Gasteiger partial charge in [0.05, 0.1) is 13.2 Å². The Kier molecular flexibility index (Phi) is 9.57. The summed E-state index contributed by atoms with van der Waals surface area (Å²) in [5.41, 5.74) is -0.942. The average molecular weight is 433 g/mol. The molecule has 0 spiro atoms. The molecule has 30 heavy (non-hydrogen) atoms. The third kappa shape index (κ3) is 7.55. The Morgan fingerprint density at radius 1 is 1.17 bits per heavy atom. The first-order valence-electron chi connectivity index (χ1n) is 10.8. The van der Waals surface area contributed by atoms with Crippen molar-refractivity contribution in [1.82, 2.24) is 20.2 Å². The summed E-state index contributed by atoms with van der Waals surface area (Å²) < 4.78 is 45.2. The molecule has 0 amide bonds. The summed E-state index contributed by atoms with van der Waals surface area (Å²) in [6, 6.07) is 0. The van der Waals surface area contributed by atoms with Gasteiger partial charge in [0.1, 0.15) is 11.4 Å². The Hall–Kier alpha value is -1.65. The second kappa shape index (κ2) is 11.7. The van der Waals surface area contributed by atoms with Crippen LogP contribution in [0.3, 0.4) is 0 Å². The monoisotopic (exact) mass is 432 g/mol. The van der Waals surface area contributed by atoms with Crippen LogP contribution in [0.25, 0.3) is 0 Å². The van der Waals surface area contributed by atoms with Crippen LogP contribution >= 0.6 is 0 Å². The van der Waals surface area contributed by atoms with Gasteiger partial charge in [-0.2, -0.15) is 18.2 Å². The molecule has 1 aliphatic heterocycles. The summed E-state index contributed by atoms with van der Waals surface area (Å²) in [5, 5.41) is 9.07. The summed E-state index contributed by atoms with van der Waals surface area (Å²) in [4.78, 5) is 10.4. The van der Waals surface area contributed by atoms with Crippen LogP contribution in [0.2, 0.25) is 0 Å². The highest BCUT2D eigenvalue weighted by Gasteiger charge is 2.43. The molecule has 1 saturated heterocycles. The molecule has 1 aromatic rings. The van der Waals surface area contributed by atoms with E-state index in [2.05, 4.69) is 30.8 Å². The van der Waals surface area contributed by atoms with Crippen molar-refractivity contribution >= 4 is 11.8 Å². The zero-order chi connectivity index (χ0) is 22.0. The highest BCUT2D eigenvalue weighted by Crippen LogP contribution is 2.42. The standard InChI is InChI=1S/C18H29F3N6O.C2H6/c1-22-6-2-7-23-15-14(18(19,20)21)13-24-16(25-15)26-17(3-4-17)5-8-27-9-11-28-12-10-27;1-2/h13,22H,2-12H2,1H3,(H2,23,24,25,26);1-2H3. The maximum Gasteiger partial charge on any atom is 0.421 e. The molecule has 3 rings (SSSR count). The summed E-state index contributed by atoms with van der Waals surface area (Å²) in [6.07, 6.45) is -0.0447. The topological polar surface area (TPSA) is 74.3 Å². The first kappa shape index (κ1) is 24.6. The lowest BCUT2D eigenvalue weighted by molar-refractivity contribution is -0.137. The van der Waals surface area contributed by atoms with E-state index in [0.29, 0.717) is 13.0 Å². The van der Waals surface area contributed by atoms with Crippen molar-refractivity contribution in [3.05, 3.63) is 11.8 Å². The number of anilines is 2. The minimum Gasteiger partial charge on any atom is -0.379 e. The summed E-state index contributed by atoms with van der Waals surface area (Å²) in [5.74, 6) is 0.0914. The fraction of sp³-hybridized carbons (Fsp3) is 0.800. The fourth-order valence-electron chi connectivity index (χ4n) is 3.28. The first-order chi connectivity index (χ1) is 14.4. The average Bonchev–Trinajstić information content (AvgIpc) is 3.51. The van der Waals surface area contributed by atoms with Crippen LogP contribution in [0.15, 0.2) is 6.20 Å². The molecule has 10 heteroatoms. The van der Waals surface area contributed by atoms with E-state index in [0.717, 1.165) is 64.9 Å². The van der Waals surface area contributed by atoms with Crippen molar-refractivity contribution in [1.29, 1.82) is 0 Å². The van der Waals surface area contributed by atoms with E-state index in [1.54, 1.807) is 7.05 Å². The second-order valence-electron chi connectivity index (χ2n) is 7.45. The van der Waals surface area contributed by atoms with Gasteiger partial charge in [-0.1, -0.05) is 13.8 Å². The molecule has 2 fully saturated rings. The summed E-state index contributed by atoms with van der Waals surface area (Å²) in [6.45, 7) is 9.42. The van der Waals surface area contributed by atoms with Gasteiger partial charge in [0, 0.05) is 37.9 Å². The Morgan fingerprint density at radius 2 is 1.87 bits per heavy atom. The number of hydrogen-bond donors (Lipinski definition) is 3. The molecule has 7 nitrogen and oxygen atoms in total. The normalized spacial score (nSPS) is 18.3. The van der Waals surface area contributed by atoms with E-state index in [-0.39, 0.29) is 17.3 Å². The van der Waals surface area contributed by atoms with Crippen LogP contribution in [0, 0.1) is 0 Å². The molecule has 0 radical (unpaired) electrons. The van der Waals surface area contributed by atoms with E-state index >= 15 is 0 Å². The van der Waals surface area contributed by atoms with Crippen molar-refractivity contribution in [2.24, 2.45) is 0 Å². The molecule has 1 saturated carbocycles. The number of nitrogens with zero attached hydrogens (tertiary/aromatic N) is 3. The molecule has 172 valence electrons. The second-order valence-corrected chi connectivity index (χ2v) is 7.45. The lowest BCUT2D eigenvalue weighted by Gasteiger charge is -2.28. The quantitative estimate of drug-likeness (QED) is 0.490. The number of halogens is 3. The molecule has 1 aromatic heterocycles. The van der Waals surface area contributed by atoms with Crippen molar-refractivity contribution in [3.8, 4) is 0 Å². The van der Waals surface area contributed by atoms with Gasteiger partial charge in [-0.05, 0) is 39.3 Å². The minimum absolute atomic E-state index is 0.110. The SMILES string of the molecule is CC.CNCCCNc1nc(NC2(CCN3CCOCC3)CC2)ncc1C(F)(F)F. The number of nitrogens with one attached hydrogen (secondary N) is 3. The maximum atomic E-state index is 13.3. The van der Waals surface area contributed by atoms with E-state index in [1.165, 1.54) is 0 Å². The number of aromatic nitrogens is 2. The van der Waals surface area contributed by atoms with Gasteiger partial charge in [0.2, 0.25) is 5.95 Å². The lowest BCUT2D eigenvalue weighted by atomic mass is 10.1. The molecule has 1 aliphatic carbocycles. The number of hydrogen-bond acceptors (Lipinski definition) is 7. The van der Waals surface area contributed by atoms with Crippen LogP contribution in [-0.2, 0) is 10.9 Å². The zero-order valence-corrected chi connectivity index (χ0v) is 18.2. The largest absolute Gasteiger partial charge is 0.421 e. The van der Waals surface area contributed by atoms with Crippen LogP contribution < -0.4 is 16.0 Å². The lowest BCUT2D eigenvalue weighted by Crippen LogP contribution is -2.39. The van der Waals surface area contributed by atoms with Crippen LogP contribution in [-0.4, -0.2) is 73.4 Å². The van der Waals surface area contributed by atoms with Gasteiger partial charge in [0.15, 0.2) is 0 Å². The van der Waals surface area contributed by atoms with Crippen molar-refractivity contribution in [2.75, 3.05) is 63.6 Å². The molecule has 0 atom stereocenters. The molecule has 0 unspecified atom stereocenters. The van der Waals surface area contributed by atoms with E-state index in [9.17, 15) is 13.2 Å². The van der Waals surface area contributed by atoms with E-state index in [4.69, 9.17) is 4.74 Å². The van der Waals surface area contributed by atoms with Crippen molar-refractivity contribution in [3.63, 3.8) is 0 Å². The molecule has 2 aliphatic rings. The Labute approximate surface area is 177 Å². The van der Waals surface area contributed by atoms with Crippen LogP contribution in [0.1, 0.15) is 45.1 Å². The van der Waals surface area contributed by atoms with Gasteiger partial charge < -0.3 is 20.7 Å². The molecule has 2 heterocycles. The minimum atomic E-state index is -4.49. The molecular weight excluding hydrogens is 397 g/mol. The highest BCUT2D eigenvalue weighted by atomic mass is 19.4. The maximum absolute atomic E-state index is 13.3. The number of alkyl halides is 3. The Morgan fingerprint density at radius 3 is 2.47 bits per heavy atom. The van der Waals surface area contributed by atoms with Gasteiger partial charge in [-0.3, -0.25) is 4.90 Å². The van der Waals surface area contributed by atoms with Gasteiger partial charge >= 0.3 is 6.18 Å². The third-order valence-corrected chi connectivity index (χ3v) is 5.23. The molecule has 0 bridgehead atoms. The van der Waals surface area contributed by atoms with E-state index in [1.807, 2.05) is 13.8 Å². The van der Waals surface area contributed by atoms with Crippen molar-refractivity contribution < 1.29 is 17.9 Å². The number of ether oxygens (including phenoxy) is 1. The molecule has 0 aromatic carbocycles. The third-order valence-electron chi connectivity index (χ3n) is 5.23. The fourth-order valence-corrected chi connectivity index (χ4v) is 3.28. The number of morpholine rings is 1. The van der Waals surface area contributed by atoms with Gasteiger partial charge in [-0.25, -0.2) is 4.98 Å². The van der Waals surface area contributed by atoms with Gasteiger partial charge in [-0.15, -0.1) is 0 Å². The van der Waals surface area contributed by atoms with E-state index < -0.39 is 11.7 Å². The molecular formula is C20H35F3N6O. The van der Waals surface area contributed by atoms with Gasteiger partial charge in [0.25, 0.3) is 0 Å². The molecule has 3 N–H and O–H groups in total. The summed E-state index contributed by atoms with van der Waals surface area (Å²) >= 11 is 0. The predicted octanol–water partition coefficient (Wildman–Crippen LogP) is 3.21. The van der Waals surface area contributed by atoms with Crippen LogP contribution in [0.5, 0.6) is 0 Å². The Balaban J connectivity index is 0.00000155. The smallest absolute Gasteiger partial charge is 0.379 e.